The Balaban J connectivity index is 1.26. The van der Waals surface area contributed by atoms with Crippen LogP contribution < -0.4 is 5.32 Å². The van der Waals surface area contributed by atoms with Crippen LogP contribution in [0.2, 0.25) is 0 Å². The fraction of sp³-hybridized carbons (Fsp3) is 0.684. The van der Waals surface area contributed by atoms with Gasteiger partial charge in [0.1, 0.15) is 11.3 Å². The van der Waals surface area contributed by atoms with Crippen LogP contribution >= 0.6 is 0 Å². The molecule has 6 nitrogen and oxygen atoms in total. The molecule has 1 saturated carbocycles. The van der Waals surface area contributed by atoms with Gasteiger partial charge in [0, 0.05) is 32.3 Å². The van der Waals surface area contributed by atoms with Gasteiger partial charge in [-0.05, 0) is 43.7 Å². The monoisotopic (exact) mass is 345 g/mol. The second-order valence-corrected chi connectivity index (χ2v) is 7.77. The predicted octanol–water partition coefficient (Wildman–Crippen LogP) is 1.56. The number of hydrogen-bond acceptors (Lipinski definition) is 3. The smallest absolute Gasteiger partial charge is 0.267 e. The topological polar surface area (TPSA) is 63.6 Å². The van der Waals surface area contributed by atoms with Gasteiger partial charge in [-0.15, -0.1) is 0 Å². The van der Waals surface area contributed by atoms with Crippen LogP contribution in [0.25, 0.3) is 0 Å². The number of hydrogen-bond donors (Lipinski definition) is 1. The Kier molecular flexibility index (Phi) is 4.31. The molecule has 1 N–H and O–H groups in total. The van der Waals surface area contributed by atoms with Crippen molar-refractivity contribution >= 4 is 11.8 Å². The molecule has 2 saturated heterocycles. The number of rotatable bonds is 5. The number of carbonyl (C=O) groups excluding carboxylic acids is 2. The Labute approximate surface area is 148 Å². The molecule has 1 aromatic heterocycles. The lowest BCUT2D eigenvalue weighted by atomic mass is 9.76. The number of carbonyl (C=O) groups is 2. The molecule has 0 unspecified atom stereocenters. The molecule has 0 bridgehead atoms. The number of aromatic nitrogens is 1. The fourth-order valence-corrected chi connectivity index (χ4v) is 4.36. The fourth-order valence-electron chi connectivity index (χ4n) is 4.36. The summed E-state index contributed by atoms with van der Waals surface area (Å²) in [6.45, 7) is 2.88. The van der Waals surface area contributed by atoms with Gasteiger partial charge in [0.15, 0.2) is 0 Å². The SMILES string of the molecule is Cn1cccc1C(=O)NCC[C@@H]1CCOC12CN(C(=O)C1CCC1)C2. The zero-order valence-corrected chi connectivity index (χ0v) is 14.9. The van der Waals surface area contributed by atoms with Crippen molar-refractivity contribution in [3.8, 4) is 0 Å². The van der Waals surface area contributed by atoms with E-state index in [2.05, 4.69) is 5.32 Å². The van der Waals surface area contributed by atoms with Crippen LogP contribution in [-0.2, 0) is 16.6 Å². The van der Waals surface area contributed by atoms with Crippen molar-refractivity contribution in [3.63, 3.8) is 0 Å². The summed E-state index contributed by atoms with van der Waals surface area (Å²) in [5, 5.41) is 3.01. The molecule has 3 heterocycles. The Morgan fingerprint density at radius 1 is 1.32 bits per heavy atom. The lowest BCUT2D eigenvalue weighted by Crippen LogP contribution is -2.67. The summed E-state index contributed by atoms with van der Waals surface area (Å²) in [7, 11) is 1.87. The third-order valence-electron chi connectivity index (χ3n) is 6.24. The zero-order chi connectivity index (χ0) is 17.4. The van der Waals surface area contributed by atoms with Crippen molar-refractivity contribution < 1.29 is 14.3 Å². The van der Waals surface area contributed by atoms with Gasteiger partial charge in [0.2, 0.25) is 5.91 Å². The van der Waals surface area contributed by atoms with E-state index < -0.39 is 0 Å². The van der Waals surface area contributed by atoms with E-state index in [0.29, 0.717) is 24.1 Å². The highest BCUT2D eigenvalue weighted by atomic mass is 16.5. The van der Waals surface area contributed by atoms with Crippen LogP contribution in [0.15, 0.2) is 18.3 Å². The van der Waals surface area contributed by atoms with Crippen LogP contribution in [0.1, 0.15) is 42.6 Å². The van der Waals surface area contributed by atoms with E-state index in [1.807, 2.05) is 34.8 Å². The van der Waals surface area contributed by atoms with Crippen LogP contribution in [0, 0.1) is 11.8 Å². The molecule has 136 valence electrons. The average molecular weight is 345 g/mol. The summed E-state index contributed by atoms with van der Waals surface area (Å²) in [6, 6.07) is 3.70. The molecular weight excluding hydrogens is 318 g/mol. The molecule has 2 aliphatic heterocycles. The molecular formula is C19H27N3O3. The Hall–Kier alpha value is -1.82. The molecule has 4 rings (SSSR count). The van der Waals surface area contributed by atoms with E-state index >= 15 is 0 Å². The lowest BCUT2D eigenvalue weighted by molar-refractivity contribution is -0.171. The van der Waals surface area contributed by atoms with E-state index in [0.717, 1.165) is 45.4 Å². The Bertz CT molecular complexity index is 659. The second kappa shape index (κ2) is 6.48. The predicted molar refractivity (Wildman–Crippen MR) is 93.1 cm³/mol. The highest BCUT2D eigenvalue weighted by Crippen LogP contribution is 2.43. The standard InChI is InChI=1S/C19H27N3O3/c1-21-10-3-6-16(21)17(23)20-9-7-15-8-11-25-19(15)12-22(13-19)18(24)14-4-2-5-14/h3,6,10,14-15H,2,4-5,7-9,11-13H2,1H3,(H,20,23)/t15-/m1/s1. The molecule has 1 aliphatic carbocycles. The van der Waals surface area contributed by atoms with Gasteiger partial charge in [-0.25, -0.2) is 0 Å². The highest BCUT2D eigenvalue weighted by molar-refractivity contribution is 5.92. The molecule has 1 atom stereocenters. The van der Waals surface area contributed by atoms with Gasteiger partial charge in [-0.2, -0.15) is 0 Å². The van der Waals surface area contributed by atoms with Crippen molar-refractivity contribution in [2.75, 3.05) is 26.2 Å². The van der Waals surface area contributed by atoms with Gasteiger partial charge >= 0.3 is 0 Å². The van der Waals surface area contributed by atoms with Gasteiger partial charge in [-0.1, -0.05) is 6.42 Å². The van der Waals surface area contributed by atoms with Gasteiger partial charge < -0.3 is 19.5 Å². The summed E-state index contributed by atoms with van der Waals surface area (Å²) < 4.78 is 7.86. The number of nitrogens with one attached hydrogen (secondary N) is 1. The first-order valence-electron chi connectivity index (χ1n) is 9.41. The van der Waals surface area contributed by atoms with Gasteiger partial charge in [0.05, 0.1) is 13.1 Å². The number of amides is 2. The summed E-state index contributed by atoms with van der Waals surface area (Å²) in [5.74, 6) is 0.979. The molecule has 0 radical (unpaired) electrons. The first kappa shape index (κ1) is 16.6. The minimum atomic E-state index is -0.158. The molecule has 1 aromatic rings. The Morgan fingerprint density at radius 2 is 2.12 bits per heavy atom. The number of nitrogens with zero attached hydrogens (tertiary/aromatic N) is 2. The summed E-state index contributed by atoms with van der Waals surface area (Å²) in [5.41, 5.74) is 0.521. The summed E-state index contributed by atoms with van der Waals surface area (Å²) in [4.78, 5) is 26.5. The van der Waals surface area contributed by atoms with E-state index in [9.17, 15) is 9.59 Å². The first-order valence-corrected chi connectivity index (χ1v) is 9.41. The molecule has 0 aromatic carbocycles. The van der Waals surface area contributed by atoms with Gasteiger partial charge in [-0.3, -0.25) is 9.59 Å². The maximum atomic E-state index is 12.3. The third-order valence-corrected chi connectivity index (χ3v) is 6.24. The van der Waals surface area contributed by atoms with Crippen molar-refractivity contribution in [1.82, 2.24) is 14.8 Å². The second-order valence-electron chi connectivity index (χ2n) is 7.77. The molecule has 3 aliphatic rings. The number of aryl methyl sites for hydroxylation is 1. The highest BCUT2D eigenvalue weighted by Gasteiger charge is 2.54. The molecule has 25 heavy (non-hydrogen) atoms. The number of likely N-dealkylation sites (tertiary alicyclic amines) is 1. The summed E-state index contributed by atoms with van der Waals surface area (Å²) in [6.07, 6.45) is 7.09. The lowest BCUT2D eigenvalue weighted by Gasteiger charge is -2.51. The molecule has 2 amide bonds. The quantitative estimate of drug-likeness (QED) is 0.881. The first-order chi connectivity index (χ1) is 12.1. The van der Waals surface area contributed by atoms with E-state index in [1.165, 1.54) is 6.42 Å². The van der Waals surface area contributed by atoms with Crippen LogP contribution in [-0.4, -0.2) is 53.1 Å². The van der Waals surface area contributed by atoms with Crippen LogP contribution in [0.5, 0.6) is 0 Å². The normalized spacial score (nSPS) is 24.8. The Morgan fingerprint density at radius 3 is 2.76 bits per heavy atom. The number of ether oxygens (including phenoxy) is 1. The van der Waals surface area contributed by atoms with Crippen LogP contribution in [0.4, 0.5) is 0 Å². The summed E-state index contributed by atoms with van der Waals surface area (Å²) >= 11 is 0. The minimum absolute atomic E-state index is 0.0316. The largest absolute Gasteiger partial charge is 0.371 e. The molecule has 6 heteroatoms. The zero-order valence-electron chi connectivity index (χ0n) is 14.9. The molecule has 3 fully saturated rings. The van der Waals surface area contributed by atoms with Crippen LogP contribution in [0.3, 0.4) is 0 Å². The maximum Gasteiger partial charge on any atom is 0.267 e. The van der Waals surface area contributed by atoms with Crippen molar-refractivity contribution in [2.24, 2.45) is 18.9 Å². The van der Waals surface area contributed by atoms with Crippen molar-refractivity contribution in [3.05, 3.63) is 24.0 Å². The maximum absolute atomic E-state index is 12.3. The van der Waals surface area contributed by atoms with Gasteiger partial charge in [0.25, 0.3) is 5.91 Å². The average Bonchev–Trinajstić information content (AvgIpc) is 3.10. The minimum Gasteiger partial charge on any atom is -0.371 e. The third kappa shape index (κ3) is 2.97. The van der Waals surface area contributed by atoms with E-state index in [-0.39, 0.29) is 17.4 Å². The van der Waals surface area contributed by atoms with Crippen molar-refractivity contribution in [1.29, 1.82) is 0 Å². The van der Waals surface area contributed by atoms with Crippen molar-refractivity contribution in [2.45, 2.75) is 37.7 Å². The van der Waals surface area contributed by atoms with E-state index in [4.69, 9.17) is 4.74 Å². The molecule has 1 spiro atoms. The van der Waals surface area contributed by atoms with E-state index in [1.54, 1.807) is 0 Å².